The van der Waals surface area contributed by atoms with Crippen molar-refractivity contribution in [3.8, 4) is 0 Å². The van der Waals surface area contributed by atoms with Crippen LogP contribution in [-0.2, 0) is 43.0 Å². The maximum atomic E-state index is 13.0. The quantitative estimate of drug-likeness (QED) is 0.183. The molecular weight excluding hydrogens is 532 g/mol. The smallest absolute Gasteiger partial charge is 0.333 e. The van der Waals surface area contributed by atoms with E-state index in [1.54, 1.807) is 13.8 Å². The number of hydrogen-bond donors (Lipinski definition) is 3. The minimum Gasteiger partial charge on any atom is -0.390 e. The predicted molar refractivity (Wildman–Crippen MR) is 135 cm³/mol. The van der Waals surface area contributed by atoms with Crippen LogP contribution < -0.4 is 0 Å². The number of imide groups is 1. The Morgan fingerprint density at radius 2 is 1.57 bits per heavy atom. The molecule has 14 nitrogen and oxygen atoms in total. The van der Waals surface area contributed by atoms with Crippen molar-refractivity contribution in [3.63, 3.8) is 0 Å². The first-order valence-electron chi connectivity index (χ1n) is 14.0. The summed E-state index contributed by atoms with van der Waals surface area (Å²) < 4.78 is 22.6. The van der Waals surface area contributed by atoms with E-state index in [4.69, 9.17) is 23.8 Å². The minimum absolute atomic E-state index is 0.0170. The molecule has 0 aromatic carbocycles. The summed E-state index contributed by atoms with van der Waals surface area (Å²) in [6.07, 6.45) is -2.70. The number of hydrogen-bond acceptors (Lipinski definition) is 12. The molecule has 228 valence electrons. The van der Waals surface area contributed by atoms with Crippen LogP contribution in [0.25, 0.3) is 0 Å². The summed E-state index contributed by atoms with van der Waals surface area (Å²) in [7, 11) is 0. The number of carbonyl (C=O) groups is 4. The van der Waals surface area contributed by atoms with Gasteiger partial charge in [0, 0.05) is 51.6 Å². The summed E-state index contributed by atoms with van der Waals surface area (Å²) in [4.78, 5) is 54.5. The van der Waals surface area contributed by atoms with Crippen LogP contribution >= 0.6 is 0 Å². The van der Waals surface area contributed by atoms with Crippen molar-refractivity contribution in [2.75, 3.05) is 26.3 Å². The second kappa shape index (κ2) is 15.7. The molecule has 0 aromatic rings. The van der Waals surface area contributed by atoms with Crippen LogP contribution in [0.15, 0.2) is 0 Å². The SMILES string of the molecule is C[C@@H]1O[C@@H](OCCN(CCO[C@@H]2O[C@@H](C)C[C@@H](O)[C@@H]2O)C(=O)CCCCC(=O)ON2C(=O)CCC2=O)CC[C@@H]1O. The number of aliphatic hydroxyl groups is 3. The van der Waals surface area contributed by atoms with Gasteiger partial charge in [-0.25, -0.2) is 4.79 Å². The van der Waals surface area contributed by atoms with Crippen LogP contribution in [0, 0.1) is 0 Å². The first-order chi connectivity index (χ1) is 19.0. The topological polar surface area (TPSA) is 182 Å². The molecular formula is C26H42N2O12. The lowest BCUT2D eigenvalue weighted by Crippen LogP contribution is -2.49. The van der Waals surface area contributed by atoms with Gasteiger partial charge in [0.2, 0.25) is 5.91 Å². The Labute approximate surface area is 233 Å². The summed E-state index contributed by atoms with van der Waals surface area (Å²) in [5.41, 5.74) is 0. The monoisotopic (exact) mass is 574 g/mol. The number of carbonyl (C=O) groups excluding carboxylic acids is 4. The van der Waals surface area contributed by atoms with Gasteiger partial charge in [0.25, 0.3) is 11.8 Å². The van der Waals surface area contributed by atoms with Crippen LogP contribution in [0.3, 0.4) is 0 Å². The molecule has 3 saturated heterocycles. The molecule has 0 aliphatic carbocycles. The van der Waals surface area contributed by atoms with Crippen molar-refractivity contribution in [2.45, 2.75) is 115 Å². The second-order valence-electron chi connectivity index (χ2n) is 10.4. The highest BCUT2D eigenvalue weighted by atomic mass is 16.7. The summed E-state index contributed by atoms with van der Waals surface area (Å²) in [5.74, 6) is -2.03. The predicted octanol–water partition coefficient (Wildman–Crippen LogP) is -0.242. The van der Waals surface area contributed by atoms with E-state index < -0.39 is 48.7 Å². The fourth-order valence-corrected chi connectivity index (χ4v) is 4.67. The Balaban J connectivity index is 1.44. The molecule has 14 heteroatoms. The van der Waals surface area contributed by atoms with E-state index in [0.29, 0.717) is 37.2 Å². The van der Waals surface area contributed by atoms with Crippen LogP contribution in [0.1, 0.15) is 71.6 Å². The second-order valence-corrected chi connectivity index (χ2v) is 10.4. The Bertz CT molecular complexity index is 857. The molecule has 3 amide bonds. The molecule has 0 radical (unpaired) electrons. The number of unbranched alkanes of at least 4 members (excludes halogenated alkanes) is 1. The van der Waals surface area contributed by atoms with Gasteiger partial charge in [0.05, 0.1) is 37.6 Å². The van der Waals surface area contributed by atoms with E-state index in [0.717, 1.165) is 0 Å². The van der Waals surface area contributed by atoms with Crippen molar-refractivity contribution in [2.24, 2.45) is 0 Å². The summed E-state index contributed by atoms with van der Waals surface area (Å²) in [6, 6.07) is 0. The van der Waals surface area contributed by atoms with E-state index in [1.807, 2.05) is 0 Å². The fraction of sp³-hybridized carbons (Fsp3) is 0.846. The lowest BCUT2D eigenvalue weighted by molar-refractivity contribution is -0.263. The molecule has 0 saturated carbocycles. The lowest BCUT2D eigenvalue weighted by atomic mass is 10.0. The van der Waals surface area contributed by atoms with E-state index in [1.165, 1.54) is 4.90 Å². The zero-order valence-corrected chi connectivity index (χ0v) is 23.1. The van der Waals surface area contributed by atoms with E-state index in [-0.39, 0.29) is 70.1 Å². The van der Waals surface area contributed by atoms with Crippen LogP contribution in [0.2, 0.25) is 0 Å². The molecule has 3 rings (SSSR count). The van der Waals surface area contributed by atoms with Crippen molar-refractivity contribution < 1.29 is 58.3 Å². The van der Waals surface area contributed by atoms with Gasteiger partial charge in [0.15, 0.2) is 12.6 Å². The highest BCUT2D eigenvalue weighted by molar-refractivity contribution is 6.01. The third-order valence-electron chi connectivity index (χ3n) is 7.10. The van der Waals surface area contributed by atoms with Crippen LogP contribution in [0.4, 0.5) is 0 Å². The molecule has 0 aromatic heterocycles. The number of amides is 3. The molecule has 3 heterocycles. The van der Waals surface area contributed by atoms with Gasteiger partial charge >= 0.3 is 5.97 Å². The molecule has 7 atom stereocenters. The van der Waals surface area contributed by atoms with Gasteiger partial charge in [-0.3, -0.25) is 14.4 Å². The fourth-order valence-electron chi connectivity index (χ4n) is 4.67. The zero-order chi connectivity index (χ0) is 29.2. The van der Waals surface area contributed by atoms with Crippen LogP contribution in [0.5, 0.6) is 0 Å². The van der Waals surface area contributed by atoms with Gasteiger partial charge < -0.3 is 44.0 Å². The summed E-state index contributed by atoms with van der Waals surface area (Å²) in [5, 5.41) is 30.4. The first kappa shape index (κ1) is 32.3. The summed E-state index contributed by atoms with van der Waals surface area (Å²) in [6.45, 7) is 4.16. The molecule has 0 unspecified atom stereocenters. The average molecular weight is 575 g/mol. The normalized spacial score (nSPS) is 30.9. The van der Waals surface area contributed by atoms with Crippen LogP contribution in [-0.4, -0.2) is 118 Å². The van der Waals surface area contributed by atoms with Gasteiger partial charge in [0.1, 0.15) is 6.10 Å². The number of hydroxylamine groups is 2. The maximum Gasteiger partial charge on any atom is 0.333 e. The van der Waals surface area contributed by atoms with Crippen molar-refractivity contribution in [1.29, 1.82) is 0 Å². The summed E-state index contributed by atoms with van der Waals surface area (Å²) >= 11 is 0. The highest BCUT2D eigenvalue weighted by Crippen LogP contribution is 2.22. The number of nitrogens with zero attached hydrogens (tertiary/aromatic N) is 2. The molecule has 3 aliphatic heterocycles. The number of aliphatic hydroxyl groups excluding tert-OH is 3. The average Bonchev–Trinajstić information content (AvgIpc) is 3.22. The van der Waals surface area contributed by atoms with Gasteiger partial charge in [-0.2, -0.15) is 0 Å². The van der Waals surface area contributed by atoms with Gasteiger partial charge in [-0.1, -0.05) is 0 Å². The Kier molecular flexibility index (Phi) is 12.7. The Morgan fingerprint density at radius 1 is 0.925 bits per heavy atom. The number of ether oxygens (including phenoxy) is 4. The lowest BCUT2D eigenvalue weighted by Gasteiger charge is -2.36. The van der Waals surface area contributed by atoms with E-state index in [9.17, 15) is 34.5 Å². The highest BCUT2D eigenvalue weighted by Gasteiger charge is 2.36. The maximum absolute atomic E-state index is 13.0. The Morgan fingerprint density at radius 3 is 2.25 bits per heavy atom. The van der Waals surface area contributed by atoms with Crippen molar-refractivity contribution in [3.05, 3.63) is 0 Å². The molecule has 3 N–H and O–H groups in total. The minimum atomic E-state index is -1.20. The molecule has 0 bridgehead atoms. The molecule has 3 fully saturated rings. The third kappa shape index (κ3) is 9.72. The largest absolute Gasteiger partial charge is 0.390 e. The van der Waals surface area contributed by atoms with Gasteiger partial charge in [-0.05, 0) is 33.1 Å². The first-order valence-corrected chi connectivity index (χ1v) is 14.0. The van der Waals surface area contributed by atoms with Crippen molar-refractivity contribution >= 4 is 23.7 Å². The Hall–Kier alpha value is -2.20. The number of rotatable bonds is 14. The zero-order valence-electron chi connectivity index (χ0n) is 23.1. The molecule has 3 aliphatic rings. The standard InChI is InChI=1S/C26H42N2O12/c1-16-15-19(30)25(35)26(38-16)37-14-12-27(11-13-36-24-10-7-18(29)17(2)39-24)20(31)5-3-4-6-23(34)40-28-21(32)8-9-22(28)33/h16-19,24-26,29-30,35H,3-15H2,1-2H3/t16-,17-,18-,19+,24+,25-,26+/m0/s1. The third-order valence-corrected chi connectivity index (χ3v) is 7.10. The van der Waals surface area contributed by atoms with E-state index in [2.05, 4.69) is 0 Å². The van der Waals surface area contributed by atoms with E-state index >= 15 is 0 Å². The molecule has 40 heavy (non-hydrogen) atoms. The molecule has 0 spiro atoms. The van der Waals surface area contributed by atoms with Gasteiger partial charge in [-0.15, -0.1) is 5.06 Å². The van der Waals surface area contributed by atoms with Crippen molar-refractivity contribution in [1.82, 2.24) is 9.96 Å².